The van der Waals surface area contributed by atoms with Crippen molar-refractivity contribution in [2.75, 3.05) is 6.61 Å². The van der Waals surface area contributed by atoms with Crippen molar-refractivity contribution in [3.8, 4) is 0 Å². The van der Waals surface area contributed by atoms with Gasteiger partial charge in [-0.2, -0.15) is 0 Å². The molecule has 1 N–H and O–H groups in total. The number of esters is 1. The predicted molar refractivity (Wildman–Crippen MR) is 69.8 cm³/mol. The summed E-state index contributed by atoms with van der Waals surface area (Å²) in [5.41, 5.74) is 0.636. The van der Waals surface area contributed by atoms with Gasteiger partial charge in [-0.15, -0.1) is 0 Å². The average Bonchev–Trinajstić information content (AvgIpc) is 2.82. The Bertz CT molecular complexity index is 569. The normalized spacial score (nSPS) is 12.1. The molecule has 0 spiro atoms. The fourth-order valence-corrected chi connectivity index (χ4v) is 1.69. The van der Waals surface area contributed by atoms with Gasteiger partial charge >= 0.3 is 5.97 Å². The van der Waals surface area contributed by atoms with Crippen molar-refractivity contribution in [3.05, 3.63) is 36.1 Å². The minimum absolute atomic E-state index is 0.178. The quantitative estimate of drug-likeness (QED) is 0.856. The van der Waals surface area contributed by atoms with Gasteiger partial charge < -0.3 is 14.5 Å². The maximum Gasteiger partial charge on any atom is 0.328 e. The molecule has 1 aromatic carbocycles. The second kappa shape index (κ2) is 5.56. The van der Waals surface area contributed by atoms with E-state index >= 15 is 0 Å². The summed E-state index contributed by atoms with van der Waals surface area (Å²) in [4.78, 5) is 23.3. The molecule has 5 heteroatoms. The zero-order valence-corrected chi connectivity index (χ0v) is 10.8. The fourth-order valence-electron chi connectivity index (χ4n) is 1.69. The molecule has 0 saturated heterocycles. The highest BCUT2D eigenvalue weighted by Gasteiger charge is 2.19. The highest BCUT2D eigenvalue weighted by molar-refractivity contribution is 5.97. The van der Waals surface area contributed by atoms with E-state index in [4.69, 9.17) is 9.15 Å². The van der Waals surface area contributed by atoms with Gasteiger partial charge in [0.1, 0.15) is 11.6 Å². The Kier molecular flexibility index (Phi) is 3.85. The van der Waals surface area contributed by atoms with Crippen LogP contribution in [-0.4, -0.2) is 24.5 Å². The summed E-state index contributed by atoms with van der Waals surface area (Å²) < 4.78 is 10.2. The maximum atomic E-state index is 11.9. The molecule has 1 unspecified atom stereocenters. The molecular weight excluding hydrogens is 246 g/mol. The van der Waals surface area contributed by atoms with Crippen LogP contribution in [0.1, 0.15) is 24.4 Å². The molecule has 2 rings (SSSR count). The summed E-state index contributed by atoms with van der Waals surface area (Å²) in [5, 5.41) is 3.38. The minimum atomic E-state index is -0.708. The van der Waals surface area contributed by atoms with Crippen molar-refractivity contribution in [2.24, 2.45) is 0 Å². The Balaban J connectivity index is 2.09. The molecule has 0 bridgehead atoms. The van der Waals surface area contributed by atoms with Crippen molar-refractivity contribution in [1.29, 1.82) is 0 Å². The Hall–Kier alpha value is -2.30. The van der Waals surface area contributed by atoms with Crippen LogP contribution in [0, 0.1) is 0 Å². The molecule has 0 aliphatic rings. The minimum Gasteiger partial charge on any atom is -0.464 e. The number of fused-ring (bicyclic) bond motifs is 1. The molecule has 1 atom stereocenters. The van der Waals surface area contributed by atoms with Gasteiger partial charge in [0.2, 0.25) is 0 Å². The van der Waals surface area contributed by atoms with Crippen LogP contribution >= 0.6 is 0 Å². The molecule has 5 nitrogen and oxygen atoms in total. The van der Waals surface area contributed by atoms with Crippen LogP contribution in [0.3, 0.4) is 0 Å². The van der Waals surface area contributed by atoms with Crippen LogP contribution < -0.4 is 5.32 Å². The lowest BCUT2D eigenvalue weighted by Crippen LogP contribution is -2.39. The highest BCUT2D eigenvalue weighted by atomic mass is 16.5. The first kappa shape index (κ1) is 13.1. The number of hydrogen-bond acceptors (Lipinski definition) is 4. The second-order valence-electron chi connectivity index (χ2n) is 4.10. The lowest BCUT2D eigenvalue weighted by atomic mass is 10.2. The topological polar surface area (TPSA) is 68.5 Å². The summed E-state index contributed by atoms with van der Waals surface area (Å²) in [6.45, 7) is 3.56. The third-order valence-corrected chi connectivity index (χ3v) is 2.64. The maximum absolute atomic E-state index is 11.9. The van der Waals surface area contributed by atoms with Crippen molar-refractivity contribution in [3.63, 3.8) is 0 Å². The van der Waals surface area contributed by atoms with Crippen molar-refractivity contribution in [1.82, 2.24) is 5.32 Å². The van der Waals surface area contributed by atoms with Gasteiger partial charge in [-0.25, -0.2) is 4.79 Å². The average molecular weight is 261 g/mol. The highest BCUT2D eigenvalue weighted by Crippen LogP contribution is 2.18. The van der Waals surface area contributed by atoms with Gasteiger partial charge in [0, 0.05) is 5.39 Å². The Labute approximate surface area is 110 Å². The number of hydrogen-bond donors (Lipinski definition) is 1. The molecule has 0 saturated carbocycles. The SMILES string of the molecule is CCOC(=O)C(C)NC(=O)c1cc2ccccc2o1. The number of carbonyl (C=O) groups is 2. The molecule has 0 aliphatic heterocycles. The second-order valence-corrected chi connectivity index (χ2v) is 4.10. The van der Waals surface area contributed by atoms with Gasteiger partial charge in [0.05, 0.1) is 6.61 Å². The molecule has 0 radical (unpaired) electrons. The van der Waals surface area contributed by atoms with E-state index in [0.29, 0.717) is 5.58 Å². The zero-order valence-electron chi connectivity index (χ0n) is 10.8. The fraction of sp³-hybridized carbons (Fsp3) is 0.286. The van der Waals surface area contributed by atoms with Crippen LogP contribution in [0.5, 0.6) is 0 Å². The number of ether oxygens (including phenoxy) is 1. The number of amides is 1. The van der Waals surface area contributed by atoms with Gasteiger partial charge in [0.25, 0.3) is 5.91 Å². The smallest absolute Gasteiger partial charge is 0.328 e. The largest absolute Gasteiger partial charge is 0.464 e. The molecule has 1 heterocycles. The van der Waals surface area contributed by atoms with Gasteiger partial charge in [-0.05, 0) is 26.0 Å². The molecule has 100 valence electrons. The van der Waals surface area contributed by atoms with E-state index in [0.717, 1.165) is 5.39 Å². The number of nitrogens with one attached hydrogen (secondary N) is 1. The van der Waals surface area contributed by atoms with Crippen molar-refractivity contribution < 1.29 is 18.7 Å². The molecule has 0 aliphatic carbocycles. The lowest BCUT2D eigenvalue weighted by molar-refractivity contribution is -0.144. The van der Waals surface area contributed by atoms with E-state index in [2.05, 4.69) is 5.32 Å². The van der Waals surface area contributed by atoms with E-state index in [1.807, 2.05) is 18.2 Å². The summed E-state index contributed by atoms with van der Waals surface area (Å²) in [6.07, 6.45) is 0. The van der Waals surface area contributed by atoms with E-state index < -0.39 is 17.9 Å². The van der Waals surface area contributed by atoms with Crippen molar-refractivity contribution in [2.45, 2.75) is 19.9 Å². The first-order chi connectivity index (χ1) is 9.11. The molecule has 1 aromatic heterocycles. The van der Waals surface area contributed by atoms with Gasteiger partial charge in [0.15, 0.2) is 5.76 Å². The third kappa shape index (κ3) is 2.93. The summed E-state index contributed by atoms with van der Waals surface area (Å²) in [6, 6.07) is 8.25. The van der Waals surface area contributed by atoms with E-state index in [1.54, 1.807) is 26.0 Å². The van der Waals surface area contributed by atoms with Gasteiger partial charge in [-0.3, -0.25) is 4.79 Å². The van der Waals surface area contributed by atoms with Gasteiger partial charge in [-0.1, -0.05) is 18.2 Å². The number of rotatable bonds is 4. The number of para-hydroxylation sites is 1. The first-order valence-electron chi connectivity index (χ1n) is 6.08. The van der Waals surface area contributed by atoms with Crippen molar-refractivity contribution >= 4 is 22.8 Å². The zero-order chi connectivity index (χ0) is 13.8. The monoisotopic (exact) mass is 261 g/mol. The van der Waals surface area contributed by atoms with Crippen LogP contribution in [0.2, 0.25) is 0 Å². The Morgan fingerprint density at radius 2 is 2.11 bits per heavy atom. The molecule has 2 aromatic rings. The third-order valence-electron chi connectivity index (χ3n) is 2.64. The molecular formula is C14H15NO4. The van der Waals surface area contributed by atoms with E-state index in [1.165, 1.54) is 0 Å². The molecule has 1 amide bonds. The Morgan fingerprint density at radius 1 is 1.37 bits per heavy atom. The van der Waals surface area contributed by atoms with Crippen LogP contribution in [0.25, 0.3) is 11.0 Å². The van der Waals surface area contributed by atoms with Crippen LogP contribution in [-0.2, 0) is 9.53 Å². The lowest BCUT2D eigenvalue weighted by Gasteiger charge is -2.11. The molecule has 19 heavy (non-hydrogen) atoms. The standard InChI is InChI=1S/C14H15NO4/c1-3-18-14(17)9(2)15-13(16)12-8-10-6-4-5-7-11(10)19-12/h4-9H,3H2,1-2H3,(H,15,16). The van der Waals surface area contributed by atoms with Crippen LogP contribution in [0.15, 0.2) is 34.7 Å². The number of furan rings is 1. The number of benzene rings is 1. The molecule has 0 fully saturated rings. The summed E-state index contributed by atoms with van der Waals surface area (Å²) >= 11 is 0. The van der Waals surface area contributed by atoms with E-state index in [9.17, 15) is 9.59 Å². The summed E-state index contributed by atoms with van der Waals surface area (Å²) in [5.74, 6) is -0.721. The Morgan fingerprint density at radius 3 is 2.79 bits per heavy atom. The van der Waals surface area contributed by atoms with E-state index in [-0.39, 0.29) is 12.4 Å². The number of carbonyl (C=O) groups excluding carboxylic acids is 2. The first-order valence-corrected chi connectivity index (χ1v) is 6.08. The van der Waals surface area contributed by atoms with Crippen LogP contribution in [0.4, 0.5) is 0 Å². The summed E-state index contributed by atoms with van der Waals surface area (Å²) in [7, 11) is 0. The predicted octanol–water partition coefficient (Wildman–Crippen LogP) is 2.11.